The molecule has 0 aliphatic carbocycles. The lowest BCUT2D eigenvalue weighted by atomic mass is 10.1. The van der Waals surface area contributed by atoms with Crippen LogP contribution < -0.4 is 56.9 Å². The van der Waals surface area contributed by atoms with E-state index in [1.54, 1.807) is 25.6 Å². The van der Waals surface area contributed by atoms with Crippen LogP contribution in [-0.2, 0) is 52.7 Å². The van der Waals surface area contributed by atoms with Crippen molar-refractivity contribution in [1.82, 2.24) is 5.32 Å². The molecule has 1 rings (SSSR count). The topological polar surface area (TPSA) is 697 Å². The van der Waals surface area contributed by atoms with Gasteiger partial charge in [-0.2, -0.15) is 11.8 Å². The average Bonchev–Trinajstić information content (AvgIpc) is 3.87. The predicted molar refractivity (Wildman–Crippen MR) is 274 cm³/mol. The number of carbonyl (C=O) groups is 11. The van der Waals surface area contributed by atoms with E-state index in [-0.39, 0.29) is 42.9 Å². The predicted octanol–water partition coefficient (Wildman–Crippen LogP) is -5.90. The highest BCUT2D eigenvalue weighted by Gasteiger charge is 2.20. The molecule has 75 heavy (non-hydrogen) atoms. The SMILES string of the molecule is CC(C)C(N)C(=O)O.CC(N)C(=O)O.CC(O)C(N)C(=O)O.CSCCC(N)C(=O)O.NC(CCC(=O)O)C(=O)O.NC(CO)C(=O)O.NC(CSSCC(N)C(=O)O)C(=O)O.NCC(=O)O.O=C(O)[C@@H]1CCCN1. The number of carboxylic acid groups (broad SMARTS) is 11. The molecule has 0 bridgehead atoms. The molecule has 444 valence electrons. The second-order valence-electron chi connectivity index (χ2n) is 14.6. The number of hydrogen-bond acceptors (Lipinski definition) is 26. The van der Waals surface area contributed by atoms with Gasteiger partial charge in [0.05, 0.1) is 19.3 Å². The molecular formula is C38H80N10O24S3. The van der Waals surface area contributed by atoms with Crippen LogP contribution in [0, 0.1) is 5.92 Å². The number of aliphatic carboxylic acids is 11. The molecule has 0 aromatic rings. The maximum Gasteiger partial charge on any atom is 0.323 e. The van der Waals surface area contributed by atoms with Gasteiger partial charge in [-0.15, -0.1) is 0 Å². The Morgan fingerprint density at radius 2 is 0.880 bits per heavy atom. The Morgan fingerprint density at radius 3 is 1.03 bits per heavy atom. The average molecular weight is 1160 g/mol. The molecule has 32 N–H and O–H groups in total. The number of nitrogens with one attached hydrogen (secondary N) is 1. The second-order valence-corrected chi connectivity index (χ2v) is 18.2. The molecule has 37 heteroatoms. The lowest BCUT2D eigenvalue weighted by molar-refractivity contribution is -0.141. The van der Waals surface area contributed by atoms with Gasteiger partial charge in [0.2, 0.25) is 0 Å². The maximum absolute atomic E-state index is 10.3. The van der Waals surface area contributed by atoms with Gasteiger partial charge in [-0.1, -0.05) is 35.4 Å². The summed E-state index contributed by atoms with van der Waals surface area (Å²) >= 11 is 1.60. The van der Waals surface area contributed by atoms with E-state index in [0.717, 1.165) is 25.1 Å². The summed E-state index contributed by atoms with van der Waals surface area (Å²) in [6.45, 7) is 6.38. The van der Waals surface area contributed by atoms with E-state index in [2.05, 4.69) is 11.1 Å². The van der Waals surface area contributed by atoms with Gasteiger partial charge in [0.1, 0.15) is 54.4 Å². The van der Waals surface area contributed by atoms with Crippen molar-refractivity contribution < 1.29 is 119 Å². The highest BCUT2D eigenvalue weighted by molar-refractivity contribution is 8.76. The monoisotopic (exact) mass is 1160 g/mol. The van der Waals surface area contributed by atoms with Crippen molar-refractivity contribution in [1.29, 1.82) is 0 Å². The molecule has 0 aromatic heterocycles. The molecule has 0 aromatic carbocycles. The minimum Gasteiger partial charge on any atom is -0.481 e. The highest BCUT2D eigenvalue weighted by atomic mass is 33.1. The third kappa shape index (κ3) is 70.8. The molecule has 0 saturated carbocycles. The van der Waals surface area contributed by atoms with Crippen molar-refractivity contribution in [3.05, 3.63) is 0 Å². The minimum absolute atomic E-state index is 0.0208. The lowest BCUT2D eigenvalue weighted by Gasteiger charge is -2.07. The first kappa shape index (κ1) is 86.5. The van der Waals surface area contributed by atoms with Crippen LogP contribution in [0.5, 0.6) is 0 Å². The van der Waals surface area contributed by atoms with Crippen molar-refractivity contribution in [3.8, 4) is 0 Å². The molecule has 1 heterocycles. The summed E-state index contributed by atoms with van der Waals surface area (Å²) in [6, 6.07) is -7.58. The van der Waals surface area contributed by atoms with E-state index >= 15 is 0 Å². The van der Waals surface area contributed by atoms with Crippen LogP contribution in [0.15, 0.2) is 0 Å². The third-order valence-corrected chi connectivity index (χ3v) is 10.5. The van der Waals surface area contributed by atoms with Crippen LogP contribution in [0.2, 0.25) is 0 Å². The van der Waals surface area contributed by atoms with Crippen LogP contribution in [0.25, 0.3) is 0 Å². The van der Waals surface area contributed by atoms with Crippen LogP contribution in [0.3, 0.4) is 0 Å². The number of thioether (sulfide) groups is 1. The minimum atomic E-state index is -1.18. The van der Waals surface area contributed by atoms with Crippen molar-refractivity contribution in [3.63, 3.8) is 0 Å². The maximum atomic E-state index is 10.3. The molecule has 1 fully saturated rings. The largest absolute Gasteiger partial charge is 0.481 e. The first-order chi connectivity index (χ1) is 34.2. The Morgan fingerprint density at radius 1 is 0.533 bits per heavy atom. The van der Waals surface area contributed by atoms with E-state index in [4.69, 9.17) is 112 Å². The smallest absolute Gasteiger partial charge is 0.323 e. The summed E-state index contributed by atoms with van der Waals surface area (Å²) in [5, 5.41) is 109. The van der Waals surface area contributed by atoms with Crippen LogP contribution in [0.1, 0.15) is 59.8 Å². The number of rotatable bonds is 24. The molecule has 1 aliphatic heterocycles. The number of hydrogen-bond donors (Lipinski definition) is 23. The quantitative estimate of drug-likeness (QED) is 0.0316. The van der Waals surface area contributed by atoms with Crippen LogP contribution >= 0.6 is 33.3 Å². The van der Waals surface area contributed by atoms with Crippen molar-refractivity contribution in [2.45, 2.75) is 120 Å². The summed E-state index contributed by atoms with van der Waals surface area (Å²) in [4.78, 5) is 109. The molecular weight excluding hydrogens is 1080 g/mol. The van der Waals surface area contributed by atoms with Gasteiger partial charge in [-0.3, -0.25) is 52.7 Å². The Balaban J connectivity index is -0.000000114. The van der Waals surface area contributed by atoms with E-state index < -0.39 is 127 Å². The fourth-order valence-electron chi connectivity index (χ4n) is 2.62. The van der Waals surface area contributed by atoms with Gasteiger partial charge in [-0.05, 0) is 64.0 Å². The Kier molecular flexibility index (Phi) is 63.4. The van der Waals surface area contributed by atoms with Crippen molar-refractivity contribution in [2.75, 3.05) is 43.2 Å². The fraction of sp³-hybridized carbons (Fsp3) is 0.711. The van der Waals surface area contributed by atoms with Crippen LogP contribution in [0.4, 0.5) is 0 Å². The van der Waals surface area contributed by atoms with Gasteiger partial charge >= 0.3 is 65.7 Å². The van der Waals surface area contributed by atoms with E-state index in [1.807, 2.05) is 6.26 Å². The first-order valence-corrected chi connectivity index (χ1v) is 25.1. The lowest BCUT2D eigenvalue weighted by Crippen LogP contribution is -2.39. The van der Waals surface area contributed by atoms with Gasteiger partial charge in [-0.25, -0.2) is 0 Å². The van der Waals surface area contributed by atoms with E-state index in [0.29, 0.717) is 6.42 Å². The summed E-state index contributed by atoms with van der Waals surface area (Å²) in [7, 11) is 2.41. The summed E-state index contributed by atoms with van der Waals surface area (Å²) in [6.07, 6.45) is 3.06. The van der Waals surface area contributed by atoms with Crippen LogP contribution in [-0.4, -0.2) is 236 Å². The molecule has 1 saturated heterocycles. The normalized spacial score (nSPS) is 15.2. The third-order valence-electron chi connectivity index (χ3n) is 7.39. The van der Waals surface area contributed by atoms with Crippen molar-refractivity contribution in [2.24, 2.45) is 57.5 Å². The summed E-state index contributed by atoms with van der Waals surface area (Å²) in [5.41, 5.74) is 44.9. The fourth-order valence-corrected chi connectivity index (χ4v) is 5.34. The Hall–Kier alpha value is -5.26. The summed E-state index contributed by atoms with van der Waals surface area (Å²) in [5.74, 6) is -9.90. The molecule has 0 spiro atoms. The number of aliphatic hydroxyl groups excluding tert-OH is 2. The molecule has 1 aliphatic rings. The van der Waals surface area contributed by atoms with E-state index in [9.17, 15) is 52.7 Å². The van der Waals surface area contributed by atoms with Gasteiger partial charge in [0.15, 0.2) is 0 Å². The van der Waals surface area contributed by atoms with Gasteiger partial charge in [0, 0.05) is 17.9 Å². The van der Waals surface area contributed by atoms with Gasteiger partial charge < -0.3 is 123 Å². The zero-order chi connectivity index (χ0) is 61.3. The number of aliphatic hydroxyl groups is 2. The second kappa shape index (κ2) is 55.0. The summed E-state index contributed by atoms with van der Waals surface area (Å²) < 4.78 is 0. The number of carboxylic acids is 11. The molecule has 0 radical (unpaired) electrons. The Bertz CT molecular complexity index is 1560. The van der Waals surface area contributed by atoms with Crippen molar-refractivity contribution >= 4 is 99.0 Å². The molecule has 0 amide bonds. The zero-order valence-corrected chi connectivity index (χ0v) is 44.3. The highest BCUT2D eigenvalue weighted by Crippen LogP contribution is 2.22. The molecule has 9 unspecified atom stereocenters. The first-order valence-electron chi connectivity index (χ1n) is 21.2. The Labute approximate surface area is 443 Å². The molecule has 10 atom stereocenters. The standard InChI is InChI=1S/C6H12N2O4S2.C5H9NO4.C5H11NO2S.C5H9NO2.C5H11NO2.C4H9NO3.C3H7NO3.C3H7NO2.C2H5NO2/c7-3(5(9)10)1-13-14-2-4(8)6(11)12;6-3(5(9)10)1-2-4(7)8;1-9-3-2-4(6)5(7)8;7-5(8)4-2-1-3-6-4;1-3(2)4(6)5(7)8;1-2(6)3(5)4(7)8;4-2(1-5)3(6)7;1-2(4)3(5)6;3-1-2(4)5/h3-4H,1-2,7-8H2,(H,9,10)(H,11,12);3H,1-2,6H2,(H,7,8)(H,9,10);4H,2-3,6H2,1H3,(H,7,8);4,6H,1-3H2,(H,7,8);3-4H,6H2,1-2H3,(H,7,8);2-3,6H,5H2,1H3,(H,7,8);2,5H,1,4H2,(H,6,7);2H,4H2,1H3,(H,5,6);1,3H2,(H,4,5)/t;;;4-;;;;;/m...0...../s1. The van der Waals surface area contributed by atoms with E-state index in [1.165, 1.54) is 35.4 Å². The zero-order valence-electron chi connectivity index (χ0n) is 41.9. The molecule has 34 nitrogen and oxygen atoms in total. The number of nitrogens with two attached hydrogens (primary N) is 9. The van der Waals surface area contributed by atoms with Gasteiger partial charge in [0.25, 0.3) is 0 Å².